The predicted octanol–water partition coefficient (Wildman–Crippen LogP) is 7.73. The predicted molar refractivity (Wildman–Crippen MR) is 151 cm³/mol. The summed E-state index contributed by atoms with van der Waals surface area (Å²) in [4.78, 5) is 26.9. The van der Waals surface area contributed by atoms with E-state index >= 15 is 0 Å². The lowest BCUT2D eigenvalue weighted by Gasteiger charge is -2.22. The number of ether oxygens (including phenoxy) is 1. The van der Waals surface area contributed by atoms with E-state index in [1.165, 1.54) is 6.07 Å². The Kier molecular flexibility index (Phi) is 9.20. The molecule has 4 rings (SSSR count). The maximum atomic E-state index is 12.9. The van der Waals surface area contributed by atoms with Crippen LogP contribution < -0.4 is 4.74 Å². The monoisotopic (exact) mass is 509 g/mol. The summed E-state index contributed by atoms with van der Waals surface area (Å²) >= 11 is 0. The minimum Gasteiger partial charge on any atom is -0.507 e. The third-order valence-electron chi connectivity index (χ3n) is 6.79. The zero-order chi connectivity index (χ0) is 26.9. The van der Waals surface area contributed by atoms with E-state index in [2.05, 4.69) is 28.8 Å². The largest absolute Gasteiger partial charge is 0.507 e. The van der Waals surface area contributed by atoms with Crippen molar-refractivity contribution in [3.63, 3.8) is 0 Å². The van der Waals surface area contributed by atoms with Crippen LogP contribution in [0.2, 0.25) is 0 Å². The summed E-state index contributed by atoms with van der Waals surface area (Å²) in [6.07, 6.45) is 5.24. The molecule has 0 aliphatic heterocycles. The van der Waals surface area contributed by atoms with Gasteiger partial charge in [0.25, 0.3) is 0 Å². The van der Waals surface area contributed by atoms with Gasteiger partial charge in [0, 0.05) is 17.2 Å². The summed E-state index contributed by atoms with van der Waals surface area (Å²) in [7, 11) is 0. The number of phenolic OH excluding ortho intramolecular Hbond substituents is 1. The van der Waals surface area contributed by atoms with Crippen molar-refractivity contribution in [3.8, 4) is 45.7 Å². The molecule has 196 valence electrons. The first-order valence-electron chi connectivity index (χ1n) is 13.4. The number of carbonyl (C=O) groups excluding carboxylic acids is 1. The van der Waals surface area contributed by atoms with Crippen molar-refractivity contribution in [1.29, 1.82) is 0 Å². The number of phenols is 1. The molecule has 0 aliphatic rings. The molecule has 1 heterocycles. The molecule has 1 N–H and O–H groups in total. The third kappa shape index (κ3) is 6.62. The molecule has 0 saturated heterocycles. The number of carbonyl (C=O) groups is 1. The minimum absolute atomic E-state index is 0.0664. The van der Waals surface area contributed by atoms with E-state index in [0.29, 0.717) is 34.7 Å². The van der Waals surface area contributed by atoms with Gasteiger partial charge in [0.2, 0.25) is 0 Å². The lowest BCUT2D eigenvalue weighted by molar-refractivity contribution is -0.140. The first-order chi connectivity index (χ1) is 18.5. The van der Waals surface area contributed by atoms with Crippen LogP contribution in [0.15, 0.2) is 78.9 Å². The SMILES string of the molecule is CCCCC(CCC)C(C)C(=O)Oc1ccc(-c2nc(-c3ccccc3)nc(-c3ccccc3)n2)c(O)c1. The van der Waals surface area contributed by atoms with E-state index in [4.69, 9.17) is 4.74 Å². The highest BCUT2D eigenvalue weighted by atomic mass is 16.5. The fourth-order valence-electron chi connectivity index (χ4n) is 4.58. The topological polar surface area (TPSA) is 85.2 Å². The quantitative estimate of drug-likeness (QED) is 0.164. The fourth-order valence-corrected chi connectivity index (χ4v) is 4.58. The molecule has 0 saturated carbocycles. The number of hydrogen-bond acceptors (Lipinski definition) is 6. The van der Waals surface area contributed by atoms with E-state index in [1.807, 2.05) is 67.6 Å². The third-order valence-corrected chi connectivity index (χ3v) is 6.79. The van der Waals surface area contributed by atoms with Crippen LogP contribution in [0.1, 0.15) is 52.9 Å². The van der Waals surface area contributed by atoms with Crippen LogP contribution >= 0.6 is 0 Å². The second-order valence-electron chi connectivity index (χ2n) is 9.62. The van der Waals surface area contributed by atoms with Crippen molar-refractivity contribution in [2.75, 3.05) is 0 Å². The first kappa shape index (κ1) is 27.0. The average Bonchev–Trinajstić information content (AvgIpc) is 2.95. The van der Waals surface area contributed by atoms with Crippen LogP contribution in [0.3, 0.4) is 0 Å². The Morgan fingerprint density at radius 2 is 1.37 bits per heavy atom. The molecule has 3 aromatic carbocycles. The van der Waals surface area contributed by atoms with Gasteiger partial charge in [0.05, 0.1) is 11.5 Å². The second kappa shape index (κ2) is 13.0. The zero-order valence-electron chi connectivity index (χ0n) is 22.3. The molecule has 1 aromatic heterocycles. The van der Waals surface area contributed by atoms with Gasteiger partial charge in [-0.3, -0.25) is 4.79 Å². The highest BCUT2D eigenvalue weighted by molar-refractivity contribution is 5.76. The fraction of sp³-hybridized carbons (Fsp3) is 0.312. The minimum atomic E-state index is -0.274. The Hall–Kier alpha value is -4.06. The summed E-state index contributed by atoms with van der Waals surface area (Å²) in [5.74, 6) is 1.39. The molecule has 0 spiro atoms. The zero-order valence-corrected chi connectivity index (χ0v) is 22.3. The van der Waals surface area contributed by atoms with Crippen LogP contribution in [0, 0.1) is 11.8 Å². The summed E-state index contributed by atoms with van der Waals surface area (Å²) in [5, 5.41) is 10.9. The number of aromatic nitrogens is 3. The van der Waals surface area contributed by atoms with Crippen LogP contribution in [-0.2, 0) is 4.79 Å². The lowest BCUT2D eigenvalue weighted by atomic mass is 9.86. The van der Waals surface area contributed by atoms with Crippen molar-refractivity contribution < 1.29 is 14.6 Å². The van der Waals surface area contributed by atoms with Crippen molar-refractivity contribution >= 4 is 5.97 Å². The number of esters is 1. The molecule has 0 amide bonds. The molecule has 2 unspecified atom stereocenters. The number of rotatable bonds is 11. The summed E-state index contributed by atoms with van der Waals surface area (Å²) in [6, 6.07) is 24.1. The lowest BCUT2D eigenvalue weighted by Crippen LogP contribution is -2.25. The van der Waals surface area contributed by atoms with Crippen molar-refractivity contribution in [2.45, 2.75) is 52.9 Å². The molecule has 6 heteroatoms. The van der Waals surface area contributed by atoms with E-state index < -0.39 is 0 Å². The number of nitrogens with zero attached hydrogens (tertiary/aromatic N) is 3. The van der Waals surface area contributed by atoms with Gasteiger partial charge < -0.3 is 9.84 Å². The van der Waals surface area contributed by atoms with Crippen molar-refractivity contribution in [1.82, 2.24) is 15.0 Å². The van der Waals surface area contributed by atoms with E-state index in [1.54, 1.807) is 12.1 Å². The Morgan fingerprint density at radius 1 is 0.789 bits per heavy atom. The van der Waals surface area contributed by atoms with Gasteiger partial charge in [-0.15, -0.1) is 0 Å². The average molecular weight is 510 g/mol. The van der Waals surface area contributed by atoms with Crippen molar-refractivity contribution in [2.24, 2.45) is 11.8 Å². The van der Waals surface area contributed by atoms with Crippen LogP contribution in [0.25, 0.3) is 34.2 Å². The van der Waals surface area contributed by atoms with Gasteiger partial charge in [-0.2, -0.15) is 0 Å². The molecular weight excluding hydrogens is 474 g/mol. The Morgan fingerprint density at radius 3 is 1.89 bits per heavy atom. The van der Waals surface area contributed by atoms with Crippen molar-refractivity contribution in [3.05, 3.63) is 78.9 Å². The van der Waals surface area contributed by atoms with Gasteiger partial charge >= 0.3 is 5.97 Å². The number of benzene rings is 3. The highest BCUT2D eigenvalue weighted by Crippen LogP contribution is 2.33. The molecule has 38 heavy (non-hydrogen) atoms. The Balaban J connectivity index is 1.63. The molecule has 4 aromatic rings. The van der Waals surface area contributed by atoms with E-state index in [-0.39, 0.29) is 17.6 Å². The van der Waals surface area contributed by atoms with E-state index in [9.17, 15) is 9.90 Å². The highest BCUT2D eigenvalue weighted by Gasteiger charge is 2.25. The van der Waals surface area contributed by atoms with Gasteiger partial charge in [-0.25, -0.2) is 15.0 Å². The van der Waals surface area contributed by atoms with E-state index in [0.717, 1.165) is 43.2 Å². The molecule has 0 radical (unpaired) electrons. The van der Waals surface area contributed by atoms with Crippen LogP contribution in [-0.4, -0.2) is 26.0 Å². The summed E-state index contributed by atoms with van der Waals surface area (Å²) in [6.45, 7) is 6.24. The standard InChI is InChI=1S/C32H35N3O3/c1-4-6-14-23(13-5-2)22(3)32(37)38-26-19-20-27(28(36)21-26)31-34-29(24-15-9-7-10-16-24)33-30(35-31)25-17-11-8-12-18-25/h7-12,15-23,36H,4-6,13-14H2,1-3H3. The molecular formula is C32H35N3O3. The second-order valence-corrected chi connectivity index (χ2v) is 9.62. The number of aromatic hydroxyl groups is 1. The molecule has 6 nitrogen and oxygen atoms in total. The van der Waals surface area contributed by atoms with Crippen LogP contribution in [0.4, 0.5) is 0 Å². The van der Waals surface area contributed by atoms with Gasteiger partial charge in [0.15, 0.2) is 17.5 Å². The summed E-state index contributed by atoms with van der Waals surface area (Å²) < 4.78 is 5.69. The number of unbranched alkanes of at least 4 members (excludes halogenated alkanes) is 1. The number of hydrogen-bond donors (Lipinski definition) is 1. The Labute approximate surface area is 224 Å². The molecule has 2 atom stereocenters. The molecule has 0 bridgehead atoms. The summed E-state index contributed by atoms with van der Waals surface area (Å²) in [5.41, 5.74) is 2.12. The molecule has 0 fully saturated rings. The Bertz CT molecular complexity index is 1290. The maximum Gasteiger partial charge on any atom is 0.314 e. The van der Waals surface area contributed by atoms with Gasteiger partial charge in [-0.1, -0.05) is 101 Å². The van der Waals surface area contributed by atoms with Gasteiger partial charge in [-0.05, 0) is 30.9 Å². The van der Waals surface area contributed by atoms with Crippen LogP contribution in [0.5, 0.6) is 11.5 Å². The first-order valence-corrected chi connectivity index (χ1v) is 13.4. The maximum absolute atomic E-state index is 12.9. The van der Waals surface area contributed by atoms with Gasteiger partial charge in [0.1, 0.15) is 11.5 Å². The molecule has 0 aliphatic carbocycles. The normalized spacial score (nSPS) is 12.6. The smallest absolute Gasteiger partial charge is 0.314 e.